The molecule has 0 aliphatic carbocycles. The number of rotatable bonds is 4. The van der Waals surface area contributed by atoms with Gasteiger partial charge in [-0.3, -0.25) is 9.48 Å². The molecule has 3 aromatic rings. The van der Waals surface area contributed by atoms with Gasteiger partial charge in [0.2, 0.25) is 0 Å². The van der Waals surface area contributed by atoms with Crippen molar-refractivity contribution in [2.24, 2.45) is 5.92 Å². The second kappa shape index (κ2) is 7.30. The molecule has 0 radical (unpaired) electrons. The Morgan fingerprint density at radius 3 is 2.63 bits per heavy atom. The molecule has 3 heterocycles. The minimum atomic E-state index is 0.0330. The van der Waals surface area contributed by atoms with Crippen LogP contribution in [0.15, 0.2) is 36.7 Å². The lowest BCUT2D eigenvalue weighted by atomic mass is 9.96. The Balaban J connectivity index is 1.43. The van der Waals surface area contributed by atoms with Gasteiger partial charge in [-0.2, -0.15) is 9.78 Å². The molecule has 1 saturated heterocycles. The highest BCUT2D eigenvalue weighted by Crippen LogP contribution is 2.23. The van der Waals surface area contributed by atoms with Crippen LogP contribution < -0.4 is 0 Å². The summed E-state index contributed by atoms with van der Waals surface area (Å²) in [6, 6.07) is 9.56. The third-order valence-corrected chi connectivity index (χ3v) is 5.17. The van der Waals surface area contributed by atoms with Crippen LogP contribution in [0, 0.1) is 19.8 Å². The van der Waals surface area contributed by atoms with Gasteiger partial charge in [0, 0.05) is 25.3 Å². The lowest BCUT2D eigenvalue weighted by Crippen LogP contribution is -2.39. The molecule has 8 heteroatoms. The smallest absolute Gasteiger partial charge is 0.256 e. The van der Waals surface area contributed by atoms with E-state index in [-0.39, 0.29) is 5.91 Å². The normalized spacial score (nSPS) is 15.3. The fourth-order valence-corrected chi connectivity index (χ4v) is 3.72. The molecule has 1 aromatic carbocycles. The zero-order chi connectivity index (χ0) is 18.8. The van der Waals surface area contributed by atoms with Gasteiger partial charge in [-0.1, -0.05) is 12.1 Å². The van der Waals surface area contributed by atoms with E-state index in [2.05, 4.69) is 38.3 Å². The van der Waals surface area contributed by atoms with Crippen LogP contribution in [-0.2, 0) is 6.54 Å². The van der Waals surface area contributed by atoms with Crippen molar-refractivity contribution < 1.29 is 4.79 Å². The van der Waals surface area contributed by atoms with Gasteiger partial charge in [-0.05, 0) is 61.2 Å². The first kappa shape index (κ1) is 17.4. The number of aromatic nitrogens is 6. The second-order valence-corrected chi connectivity index (χ2v) is 7.12. The quantitative estimate of drug-likeness (QED) is 0.707. The minimum absolute atomic E-state index is 0.0330. The molecule has 0 unspecified atom stereocenters. The standard InChI is InChI=1S/C19H23N7O/c1-14-11-15(2)25(21-14)12-16-7-9-24(10-8-16)19(27)17-5-3-4-6-18(17)26-13-20-22-23-26/h3-6,11,13,16H,7-10,12H2,1-2H3. The summed E-state index contributed by atoms with van der Waals surface area (Å²) in [5.41, 5.74) is 3.58. The number of tetrazole rings is 1. The van der Waals surface area contributed by atoms with Crippen molar-refractivity contribution in [2.45, 2.75) is 33.2 Å². The second-order valence-electron chi connectivity index (χ2n) is 7.12. The number of carbonyl (C=O) groups excluding carboxylic acids is 1. The SMILES string of the molecule is Cc1cc(C)n(CC2CCN(C(=O)c3ccccc3-n3cnnn3)CC2)n1. The molecular formula is C19H23N7O. The fourth-order valence-electron chi connectivity index (χ4n) is 3.72. The van der Waals surface area contributed by atoms with Crippen LogP contribution in [0.2, 0.25) is 0 Å². The Kier molecular flexibility index (Phi) is 4.70. The maximum Gasteiger partial charge on any atom is 0.256 e. The fraction of sp³-hybridized carbons (Fsp3) is 0.421. The summed E-state index contributed by atoms with van der Waals surface area (Å²) in [4.78, 5) is 15.0. The van der Waals surface area contributed by atoms with Gasteiger partial charge in [-0.25, -0.2) is 0 Å². The maximum atomic E-state index is 13.1. The van der Waals surface area contributed by atoms with E-state index < -0.39 is 0 Å². The third-order valence-electron chi connectivity index (χ3n) is 5.17. The molecule has 140 valence electrons. The van der Waals surface area contributed by atoms with Crippen LogP contribution in [0.4, 0.5) is 0 Å². The van der Waals surface area contributed by atoms with Crippen molar-refractivity contribution in [3.05, 3.63) is 53.6 Å². The van der Waals surface area contributed by atoms with Crippen molar-refractivity contribution in [2.75, 3.05) is 13.1 Å². The van der Waals surface area contributed by atoms with Crippen molar-refractivity contribution in [1.29, 1.82) is 0 Å². The Bertz CT molecular complexity index is 923. The van der Waals surface area contributed by atoms with E-state index in [0.717, 1.165) is 38.2 Å². The Hall–Kier alpha value is -3.03. The van der Waals surface area contributed by atoms with E-state index in [9.17, 15) is 4.79 Å². The summed E-state index contributed by atoms with van der Waals surface area (Å²) in [5.74, 6) is 0.576. The Labute approximate surface area is 157 Å². The average Bonchev–Trinajstić information content (AvgIpc) is 3.32. The summed E-state index contributed by atoms with van der Waals surface area (Å²) in [6.45, 7) is 6.55. The highest BCUT2D eigenvalue weighted by molar-refractivity contribution is 5.97. The van der Waals surface area contributed by atoms with Gasteiger partial charge < -0.3 is 4.90 Å². The topological polar surface area (TPSA) is 81.7 Å². The van der Waals surface area contributed by atoms with E-state index in [0.29, 0.717) is 17.2 Å². The first-order valence-corrected chi connectivity index (χ1v) is 9.24. The van der Waals surface area contributed by atoms with Gasteiger partial charge in [0.15, 0.2) is 0 Å². The summed E-state index contributed by atoms with van der Waals surface area (Å²) in [7, 11) is 0. The lowest BCUT2D eigenvalue weighted by molar-refractivity contribution is 0.0680. The van der Waals surface area contributed by atoms with Crippen LogP contribution in [-0.4, -0.2) is 53.9 Å². The lowest BCUT2D eigenvalue weighted by Gasteiger charge is -2.32. The van der Waals surface area contributed by atoms with Crippen molar-refractivity contribution in [3.8, 4) is 5.69 Å². The number of benzene rings is 1. The molecule has 0 saturated carbocycles. The third kappa shape index (κ3) is 3.60. The molecule has 0 N–H and O–H groups in total. The van der Waals surface area contributed by atoms with Crippen molar-refractivity contribution in [1.82, 2.24) is 34.9 Å². The highest BCUT2D eigenvalue weighted by atomic mass is 16.2. The average molecular weight is 365 g/mol. The predicted molar refractivity (Wildman–Crippen MR) is 99.5 cm³/mol. The van der Waals surface area contributed by atoms with E-state index in [1.807, 2.05) is 36.1 Å². The number of hydrogen-bond donors (Lipinski definition) is 0. The Morgan fingerprint density at radius 2 is 1.96 bits per heavy atom. The van der Waals surface area contributed by atoms with E-state index in [4.69, 9.17) is 0 Å². The molecular weight excluding hydrogens is 342 g/mol. The number of nitrogens with zero attached hydrogens (tertiary/aromatic N) is 7. The Morgan fingerprint density at radius 1 is 1.19 bits per heavy atom. The van der Waals surface area contributed by atoms with Crippen LogP contribution >= 0.6 is 0 Å². The number of amides is 1. The first-order valence-electron chi connectivity index (χ1n) is 9.24. The summed E-state index contributed by atoms with van der Waals surface area (Å²) in [5, 5.41) is 15.8. The number of carbonyl (C=O) groups is 1. The monoisotopic (exact) mass is 365 g/mol. The van der Waals surface area contributed by atoms with E-state index in [1.165, 1.54) is 16.7 Å². The van der Waals surface area contributed by atoms with Crippen LogP contribution in [0.1, 0.15) is 34.6 Å². The molecule has 2 aromatic heterocycles. The van der Waals surface area contributed by atoms with Crippen LogP contribution in [0.3, 0.4) is 0 Å². The maximum absolute atomic E-state index is 13.1. The zero-order valence-electron chi connectivity index (χ0n) is 15.6. The van der Waals surface area contributed by atoms with Gasteiger partial charge in [0.05, 0.1) is 16.9 Å². The number of aryl methyl sites for hydroxylation is 2. The molecule has 1 amide bonds. The molecule has 0 atom stereocenters. The highest BCUT2D eigenvalue weighted by Gasteiger charge is 2.26. The molecule has 4 rings (SSSR count). The molecule has 27 heavy (non-hydrogen) atoms. The zero-order valence-corrected chi connectivity index (χ0v) is 15.6. The molecule has 1 fully saturated rings. The van der Waals surface area contributed by atoms with Gasteiger partial charge in [0.1, 0.15) is 6.33 Å². The van der Waals surface area contributed by atoms with Gasteiger partial charge in [-0.15, -0.1) is 5.10 Å². The molecule has 8 nitrogen and oxygen atoms in total. The summed E-state index contributed by atoms with van der Waals surface area (Å²) >= 11 is 0. The van der Waals surface area contributed by atoms with Gasteiger partial charge >= 0.3 is 0 Å². The number of para-hydroxylation sites is 1. The van der Waals surface area contributed by atoms with Crippen molar-refractivity contribution >= 4 is 5.91 Å². The predicted octanol–water partition coefficient (Wildman–Crippen LogP) is 2.03. The van der Waals surface area contributed by atoms with E-state index in [1.54, 1.807) is 0 Å². The molecule has 1 aliphatic heterocycles. The first-order chi connectivity index (χ1) is 13.1. The number of likely N-dealkylation sites (tertiary alicyclic amines) is 1. The largest absolute Gasteiger partial charge is 0.339 e. The molecule has 0 spiro atoms. The van der Waals surface area contributed by atoms with Crippen molar-refractivity contribution in [3.63, 3.8) is 0 Å². The molecule has 0 bridgehead atoms. The van der Waals surface area contributed by atoms with Gasteiger partial charge in [0.25, 0.3) is 5.91 Å². The molecule has 1 aliphatic rings. The number of hydrogen-bond acceptors (Lipinski definition) is 5. The van der Waals surface area contributed by atoms with E-state index >= 15 is 0 Å². The summed E-state index contributed by atoms with van der Waals surface area (Å²) in [6.07, 6.45) is 3.47. The number of piperidine rings is 1. The summed E-state index contributed by atoms with van der Waals surface area (Å²) < 4.78 is 3.62. The van der Waals surface area contributed by atoms with Crippen LogP contribution in [0.25, 0.3) is 5.69 Å². The minimum Gasteiger partial charge on any atom is -0.339 e. The van der Waals surface area contributed by atoms with Crippen LogP contribution in [0.5, 0.6) is 0 Å².